The lowest BCUT2D eigenvalue weighted by Gasteiger charge is -2.28. The first kappa shape index (κ1) is 59.2. The van der Waals surface area contributed by atoms with Crippen molar-refractivity contribution in [3.63, 3.8) is 0 Å². The molecule has 71 heavy (non-hydrogen) atoms. The van der Waals surface area contributed by atoms with Gasteiger partial charge in [0.15, 0.2) is 12.6 Å². The molecule has 2 heterocycles. The lowest BCUT2D eigenvalue weighted by Crippen LogP contribution is -2.54. The molecule has 0 fully saturated rings. The molecule has 0 radical (unpaired) electrons. The number of hydrogen-bond donors (Lipinski definition) is 4. The zero-order valence-electron chi connectivity index (χ0n) is 41.9. The third kappa shape index (κ3) is 16.2. The van der Waals surface area contributed by atoms with Crippen LogP contribution < -0.4 is 34.1 Å². The number of allylic oxidation sites excluding steroid dienone is 4. The molecular formula is C51H72N6O14. The van der Waals surface area contributed by atoms with Gasteiger partial charge < -0.3 is 39.4 Å². The molecule has 0 spiro atoms. The molecule has 2 aromatic carbocycles. The van der Waals surface area contributed by atoms with E-state index in [4.69, 9.17) is 18.9 Å². The van der Waals surface area contributed by atoms with Gasteiger partial charge in [-0.2, -0.15) is 0 Å². The minimum absolute atomic E-state index is 0.0220. The number of hydrogen-bond acceptors (Lipinski definition) is 14. The highest BCUT2D eigenvalue weighted by Crippen LogP contribution is 2.34. The first-order valence-corrected chi connectivity index (χ1v) is 23.3. The molecule has 0 amide bonds. The Kier molecular flexibility index (Phi) is 23.9. The average Bonchev–Trinajstić information content (AvgIpc) is 3.35. The molecule has 4 rings (SSSR count). The van der Waals surface area contributed by atoms with Crippen LogP contribution in [0, 0.1) is 0 Å². The molecular weight excluding hydrogens is 921 g/mol. The summed E-state index contributed by atoms with van der Waals surface area (Å²) in [6, 6.07) is 12.3. The molecule has 0 saturated carbocycles. The Morgan fingerprint density at radius 3 is 1.35 bits per heavy atom. The van der Waals surface area contributed by atoms with Crippen LogP contribution in [-0.2, 0) is 90.7 Å². The van der Waals surface area contributed by atoms with Crippen molar-refractivity contribution in [3.05, 3.63) is 183 Å². The van der Waals surface area contributed by atoms with Crippen molar-refractivity contribution in [3.8, 4) is 0 Å². The molecule has 0 aliphatic rings. The first-order chi connectivity index (χ1) is 33.7. The van der Waals surface area contributed by atoms with E-state index < -0.39 is 65.5 Å². The van der Waals surface area contributed by atoms with E-state index in [1.165, 1.54) is 26.2 Å². The van der Waals surface area contributed by atoms with Gasteiger partial charge in [-0.25, -0.2) is 56.2 Å². The van der Waals surface area contributed by atoms with E-state index in [0.29, 0.717) is 32.3 Å². The number of aliphatic hydroxyl groups excluding tert-OH is 4. The Morgan fingerprint density at radius 2 is 0.944 bits per heavy atom. The largest absolute Gasteiger partial charge is 0.391 e. The van der Waals surface area contributed by atoms with Crippen LogP contribution in [-0.4, -0.2) is 99.0 Å². The summed E-state index contributed by atoms with van der Waals surface area (Å²) in [7, 11) is 2.52. The van der Waals surface area contributed by atoms with Gasteiger partial charge in [0, 0.05) is 19.5 Å². The van der Waals surface area contributed by atoms with E-state index in [9.17, 15) is 49.2 Å². The monoisotopic (exact) mass is 993 g/mol. The predicted molar refractivity (Wildman–Crippen MR) is 269 cm³/mol. The Morgan fingerprint density at radius 1 is 0.535 bits per heavy atom. The smallest absolute Gasteiger partial charge is 0.336 e. The molecule has 4 atom stereocenters. The summed E-state index contributed by atoms with van der Waals surface area (Å²) in [5, 5.41) is 39.8. The third-order valence-electron chi connectivity index (χ3n) is 11.6. The molecule has 390 valence electrons. The normalized spacial score (nSPS) is 13.2. The molecule has 0 aliphatic carbocycles. The molecule has 4 unspecified atom stereocenters. The van der Waals surface area contributed by atoms with Crippen molar-refractivity contribution in [1.82, 2.24) is 27.4 Å². The summed E-state index contributed by atoms with van der Waals surface area (Å²) in [6.45, 7) is 22.8. The quantitative estimate of drug-likeness (QED) is 0.0342. The average molecular weight is 993 g/mol. The van der Waals surface area contributed by atoms with E-state index in [1.807, 2.05) is 38.1 Å². The Bertz CT molecular complexity index is 2800. The second-order valence-electron chi connectivity index (χ2n) is 17.2. The molecule has 4 N–H and O–H groups in total. The Balaban J connectivity index is 0.000000435. The van der Waals surface area contributed by atoms with E-state index in [0.717, 1.165) is 60.8 Å². The minimum atomic E-state index is -1.48. The van der Waals surface area contributed by atoms with Gasteiger partial charge in [0.05, 0.1) is 78.0 Å². The molecule has 2 aromatic heterocycles. The topological polar surface area (TPSA) is 250 Å². The van der Waals surface area contributed by atoms with Crippen LogP contribution in [0.4, 0.5) is 0 Å². The number of rotatable bonds is 29. The van der Waals surface area contributed by atoms with Crippen molar-refractivity contribution < 1.29 is 39.4 Å². The maximum Gasteiger partial charge on any atom is 0.336 e. The van der Waals surface area contributed by atoms with Crippen molar-refractivity contribution in [2.45, 2.75) is 123 Å². The third-order valence-corrected chi connectivity index (χ3v) is 11.6. The molecule has 20 heteroatoms. The van der Waals surface area contributed by atoms with Gasteiger partial charge in [0.2, 0.25) is 0 Å². The van der Waals surface area contributed by atoms with Crippen molar-refractivity contribution in [2.24, 2.45) is 14.1 Å². The van der Waals surface area contributed by atoms with Gasteiger partial charge in [-0.1, -0.05) is 88.4 Å². The fraction of sp³-hybridized carbons (Fsp3) is 0.490. The van der Waals surface area contributed by atoms with E-state index in [1.54, 1.807) is 6.08 Å². The van der Waals surface area contributed by atoms with Crippen LogP contribution in [0.15, 0.2) is 116 Å². The Hall–Kier alpha value is -6.10. The van der Waals surface area contributed by atoms with E-state index >= 15 is 0 Å². The SMILES string of the molecule is C=CCc1cc(C(C)(C)c2ccc(COC(O)Cn3c(=O)n(C)c(=O)n(CC=C)c3=O)c(CC=C)c2)ccc1COC(O)CC.C=CCn1c(=O)n(C)c(=O)n(CC(O)COCCOCC(O)CC)c1=O. The molecule has 0 aliphatic heterocycles. The van der Waals surface area contributed by atoms with Crippen LogP contribution in [0.5, 0.6) is 0 Å². The second-order valence-corrected chi connectivity index (χ2v) is 17.2. The van der Waals surface area contributed by atoms with E-state index in [-0.39, 0.29) is 58.1 Å². The lowest BCUT2D eigenvalue weighted by atomic mass is 9.76. The summed E-state index contributed by atoms with van der Waals surface area (Å²) in [6.07, 6.45) is 4.80. The lowest BCUT2D eigenvalue weighted by molar-refractivity contribution is -0.118. The molecule has 0 bridgehead atoms. The summed E-state index contributed by atoms with van der Waals surface area (Å²) in [4.78, 5) is 74.0. The maximum atomic E-state index is 12.8. The van der Waals surface area contributed by atoms with Gasteiger partial charge in [-0.15, -0.1) is 26.3 Å². The number of benzene rings is 2. The Labute approximate surface area is 412 Å². The highest BCUT2D eigenvalue weighted by Gasteiger charge is 2.26. The fourth-order valence-electron chi connectivity index (χ4n) is 7.19. The fourth-order valence-corrected chi connectivity index (χ4v) is 7.19. The van der Waals surface area contributed by atoms with Gasteiger partial charge in [-0.05, 0) is 59.1 Å². The predicted octanol–water partition coefficient (Wildman–Crippen LogP) is 1.52. The van der Waals surface area contributed by atoms with Crippen LogP contribution >= 0.6 is 0 Å². The highest BCUT2D eigenvalue weighted by atomic mass is 16.6. The summed E-state index contributed by atoms with van der Waals surface area (Å²) in [5.41, 5.74) is 0.843. The van der Waals surface area contributed by atoms with Gasteiger partial charge in [-0.3, -0.25) is 0 Å². The van der Waals surface area contributed by atoms with Crippen LogP contribution in [0.1, 0.15) is 73.9 Å². The second kappa shape index (κ2) is 28.7. The van der Waals surface area contributed by atoms with Crippen molar-refractivity contribution in [1.29, 1.82) is 0 Å². The van der Waals surface area contributed by atoms with E-state index in [2.05, 4.69) is 58.4 Å². The number of aliphatic hydroxyl groups is 4. The zero-order chi connectivity index (χ0) is 53.0. The van der Waals surface area contributed by atoms with Crippen LogP contribution in [0.25, 0.3) is 0 Å². The highest BCUT2D eigenvalue weighted by molar-refractivity contribution is 5.45. The van der Waals surface area contributed by atoms with Gasteiger partial charge in [0.1, 0.15) is 0 Å². The standard InChI is InChI=1S/C35H45N3O7.C16H27N3O7/c1-8-12-24-19-28(16-14-26(24)22-44-30(39)11-4)35(5,6)29-17-15-27(25(20-29)13-9-2)23-45-31(40)21-38-33(42)36(7)32(41)37(18-10-3)34(38)43;1-4-6-18-14(22)17(3)15(23)19(16(18)24)9-13(21)11-26-8-7-25-10-12(20)5-2/h8-10,14-17,19-20,30-31,39-40H,1-3,11-13,18,21-23H2,4-7H3;4,12-13,20-21H,1,5-11H2,2-3H3. The summed E-state index contributed by atoms with van der Waals surface area (Å²) < 4.78 is 26.5. The summed E-state index contributed by atoms with van der Waals surface area (Å²) >= 11 is 0. The van der Waals surface area contributed by atoms with Crippen LogP contribution in [0.3, 0.4) is 0 Å². The minimum Gasteiger partial charge on any atom is -0.391 e. The van der Waals surface area contributed by atoms with Crippen molar-refractivity contribution in [2.75, 3.05) is 26.4 Å². The maximum absolute atomic E-state index is 12.8. The van der Waals surface area contributed by atoms with Crippen molar-refractivity contribution >= 4 is 0 Å². The van der Waals surface area contributed by atoms with Gasteiger partial charge in [0.25, 0.3) is 0 Å². The van der Waals surface area contributed by atoms with Crippen LogP contribution in [0.2, 0.25) is 0 Å². The molecule has 0 saturated heterocycles. The number of ether oxygens (including phenoxy) is 4. The number of aromatic nitrogens is 6. The molecule has 20 nitrogen and oxygen atoms in total. The number of nitrogens with zero attached hydrogens (tertiary/aromatic N) is 6. The zero-order valence-corrected chi connectivity index (χ0v) is 41.9. The summed E-state index contributed by atoms with van der Waals surface area (Å²) in [5.74, 6) is 0. The molecule has 4 aromatic rings. The van der Waals surface area contributed by atoms with Gasteiger partial charge >= 0.3 is 34.1 Å². The first-order valence-electron chi connectivity index (χ1n) is 23.3.